The highest BCUT2D eigenvalue weighted by molar-refractivity contribution is 6.10. The summed E-state index contributed by atoms with van der Waals surface area (Å²) in [7, 11) is 2.93. The van der Waals surface area contributed by atoms with Crippen molar-refractivity contribution >= 4 is 17.6 Å². The number of carbonyl (C=O) groups excluding carboxylic acids is 2. The van der Waals surface area contributed by atoms with Gasteiger partial charge in [-0.3, -0.25) is 10.1 Å². The minimum Gasteiger partial charge on any atom is -0.497 e. The van der Waals surface area contributed by atoms with Gasteiger partial charge in [-0.1, -0.05) is 6.08 Å². The van der Waals surface area contributed by atoms with E-state index in [2.05, 4.69) is 22.5 Å². The van der Waals surface area contributed by atoms with Gasteiger partial charge < -0.3 is 20.1 Å². The molecule has 25 heavy (non-hydrogen) atoms. The number of anilines is 1. The van der Waals surface area contributed by atoms with E-state index in [4.69, 9.17) is 14.7 Å². The van der Waals surface area contributed by atoms with Crippen LogP contribution in [0.2, 0.25) is 0 Å². The van der Waals surface area contributed by atoms with Crippen LogP contribution in [0.15, 0.2) is 42.1 Å². The average molecular weight is 344 g/mol. The Balaban J connectivity index is 2.87. The van der Waals surface area contributed by atoms with Crippen molar-refractivity contribution in [2.45, 2.75) is 6.92 Å². The Morgan fingerprint density at radius 3 is 2.60 bits per heavy atom. The smallest absolute Gasteiger partial charge is 0.326 e. The SMILES string of the molecule is C=CCNC(C)=C(C#N)C(=O)NC(=O)Nc1cc(OC)ccc1OC. The first-order valence-electron chi connectivity index (χ1n) is 7.26. The summed E-state index contributed by atoms with van der Waals surface area (Å²) in [5, 5.41) is 16.5. The lowest BCUT2D eigenvalue weighted by Gasteiger charge is -2.12. The largest absolute Gasteiger partial charge is 0.497 e. The van der Waals surface area contributed by atoms with Crippen molar-refractivity contribution in [3.05, 3.63) is 42.1 Å². The second-order valence-corrected chi connectivity index (χ2v) is 4.76. The van der Waals surface area contributed by atoms with E-state index in [1.54, 1.807) is 37.3 Å². The summed E-state index contributed by atoms with van der Waals surface area (Å²) in [5.41, 5.74) is 0.456. The summed E-state index contributed by atoms with van der Waals surface area (Å²) < 4.78 is 10.2. The number of hydrogen-bond donors (Lipinski definition) is 3. The Kier molecular flexibility index (Phi) is 7.53. The quantitative estimate of drug-likeness (QED) is 0.396. The number of nitrogens with zero attached hydrogens (tertiary/aromatic N) is 1. The van der Waals surface area contributed by atoms with Crippen LogP contribution in [0.25, 0.3) is 0 Å². The number of carbonyl (C=O) groups is 2. The third-order valence-electron chi connectivity index (χ3n) is 3.11. The van der Waals surface area contributed by atoms with Gasteiger partial charge in [0, 0.05) is 18.3 Å². The molecule has 0 unspecified atom stereocenters. The first-order valence-corrected chi connectivity index (χ1v) is 7.26. The van der Waals surface area contributed by atoms with Gasteiger partial charge in [0.1, 0.15) is 23.1 Å². The average Bonchev–Trinajstić information content (AvgIpc) is 2.60. The van der Waals surface area contributed by atoms with Crippen LogP contribution in [0.4, 0.5) is 10.5 Å². The number of hydrogen-bond acceptors (Lipinski definition) is 6. The highest BCUT2D eigenvalue weighted by Crippen LogP contribution is 2.28. The normalized spacial score (nSPS) is 10.6. The fourth-order valence-corrected chi connectivity index (χ4v) is 1.85. The van der Waals surface area contributed by atoms with Crippen molar-refractivity contribution in [3.8, 4) is 17.6 Å². The van der Waals surface area contributed by atoms with Crippen molar-refractivity contribution in [2.24, 2.45) is 0 Å². The molecule has 0 atom stereocenters. The zero-order valence-electron chi connectivity index (χ0n) is 14.3. The van der Waals surface area contributed by atoms with E-state index >= 15 is 0 Å². The number of allylic oxidation sites excluding steroid dienone is 1. The molecule has 0 aliphatic rings. The molecule has 0 saturated carbocycles. The minimum atomic E-state index is -0.823. The summed E-state index contributed by atoms with van der Waals surface area (Å²) in [6.07, 6.45) is 1.58. The van der Waals surface area contributed by atoms with E-state index in [1.165, 1.54) is 14.2 Å². The third kappa shape index (κ3) is 5.58. The molecule has 0 bridgehead atoms. The number of benzene rings is 1. The first-order chi connectivity index (χ1) is 12.0. The predicted octanol–water partition coefficient (Wildman–Crippen LogP) is 1.93. The van der Waals surface area contributed by atoms with Gasteiger partial charge in [0.25, 0.3) is 5.91 Å². The van der Waals surface area contributed by atoms with Gasteiger partial charge in [-0.15, -0.1) is 6.58 Å². The third-order valence-corrected chi connectivity index (χ3v) is 3.11. The molecule has 3 N–H and O–H groups in total. The first kappa shape index (κ1) is 19.6. The van der Waals surface area contributed by atoms with Crippen LogP contribution in [-0.4, -0.2) is 32.7 Å². The number of imide groups is 1. The lowest BCUT2D eigenvalue weighted by atomic mass is 10.2. The zero-order valence-corrected chi connectivity index (χ0v) is 14.3. The molecule has 0 aliphatic carbocycles. The second-order valence-electron chi connectivity index (χ2n) is 4.76. The van der Waals surface area contributed by atoms with Crippen molar-refractivity contribution in [1.82, 2.24) is 10.6 Å². The van der Waals surface area contributed by atoms with E-state index in [0.717, 1.165) is 0 Å². The van der Waals surface area contributed by atoms with Gasteiger partial charge in [0.15, 0.2) is 0 Å². The molecule has 8 nitrogen and oxygen atoms in total. The summed E-state index contributed by atoms with van der Waals surface area (Å²) >= 11 is 0. The fourth-order valence-electron chi connectivity index (χ4n) is 1.85. The molecule has 0 spiro atoms. The van der Waals surface area contributed by atoms with Gasteiger partial charge in [0.05, 0.1) is 19.9 Å². The zero-order chi connectivity index (χ0) is 18.8. The highest BCUT2D eigenvalue weighted by Gasteiger charge is 2.17. The van der Waals surface area contributed by atoms with Gasteiger partial charge in [-0.25, -0.2) is 4.79 Å². The monoisotopic (exact) mass is 344 g/mol. The summed E-state index contributed by atoms with van der Waals surface area (Å²) in [5.74, 6) is 0.0729. The molecule has 0 saturated heterocycles. The number of ether oxygens (including phenoxy) is 2. The Bertz CT molecular complexity index is 735. The molecule has 8 heteroatoms. The van der Waals surface area contributed by atoms with Gasteiger partial charge >= 0.3 is 6.03 Å². The summed E-state index contributed by atoms with van der Waals surface area (Å²) in [4.78, 5) is 24.1. The topological polar surface area (TPSA) is 112 Å². The van der Waals surface area contributed by atoms with Gasteiger partial charge in [0.2, 0.25) is 0 Å². The standard InChI is InChI=1S/C17H20N4O4/c1-5-8-19-11(2)13(10-18)16(22)21-17(23)20-14-9-12(24-3)6-7-15(14)25-4/h5-7,9,19H,1,8H2,2-4H3,(H2,20,21,22,23). The number of nitrogens with one attached hydrogen (secondary N) is 3. The van der Waals surface area contributed by atoms with Crippen LogP contribution >= 0.6 is 0 Å². The Hall–Kier alpha value is -3.47. The van der Waals surface area contributed by atoms with Crippen LogP contribution in [0.1, 0.15) is 6.92 Å². The Morgan fingerprint density at radius 1 is 1.32 bits per heavy atom. The number of amides is 3. The van der Waals surface area contributed by atoms with Crippen molar-refractivity contribution in [1.29, 1.82) is 5.26 Å². The maximum atomic E-state index is 12.1. The molecular formula is C17H20N4O4. The maximum Gasteiger partial charge on any atom is 0.326 e. The van der Waals surface area contributed by atoms with Crippen LogP contribution in [0, 0.1) is 11.3 Å². The van der Waals surface area contributed by atoms with Crippen molar-refractivity contribution in [3.63, 3.8) is 0 Å². The highest BCUT2D eigenvalue weighted by atomic mass is 16.5. The number of urea groups is 1. The number of methoxy groups -OCH3 is 2. The summed E-state index contributed by atoms with van der Waals surface area (Å²) in [6.45, 7) is 5.48. The van der Waals surface area contributed by atoms with E-state index in [-0.39, 0.29) is 5.57 Å². The van der Waals surface area contributed by atoms with Crippen molar-refractivity contribution in [2.75, 3.05) is 26.1 Å². The lowest BCUT2D eigenvalue weighted by Crippen LogP contribution is -2.36. The predicted molar refractivity (Wildman–Crippen MR) is 93.2 cm³/mol. The van der Waals surface area contributed by atoms with E-state index in [9.17, 15) is 9.59 Å². The number of rotatable bonds is 7. The molecule has 0 heterocycles. The maximum absolute atomic E-state index is 12.1. The van der Waals surface area contributed by atoms with Crippen molar-refractivity contribution < 1.29 is 19.1 Å². The molecular weight excluding hydrogens is 324 g/mol. The molecule has 0 fully saturated rings. The van der Waals surface area contributed by atoms with Crippen LogP contribution in [-0.2, 0) is 4.79 Å². The molecule has 1 aromatic rings. The molecule has 1 rings (SSSR count). The lowest BCUT2D eigenvalue weighted by molar-refractivity contribution is -0.116. The van der Waals surface area contributed by atoms with E-state index in [0.29, 0.717) is 29.4 Å². The minimum absolute atomic E-state index is 0.199. The van der Waals surface area contributed by atoms with E-state index in [1.807, 2.05) is 0 Å². The molecule has 0 radical (unpaired) electrons. The summed E-state index contributed by atoms with van der Waals surface area (Å²) in [6, 6.07) is 5.78. The molecule has 0 aromatic heterocycles. The number of nitriles is 1. The molecule has 132 valence electrons. The van der Waals surface area contributed by atoms with E-state index < -0.39 is 11.9 Å². The van der Waals surface area contributed by atoms with Crippen LogP contribution in [0.3, 0.4) is 0 Å². The van der Waals surface area contributed by atoms with Gasteiger partial charge in [-0.05, 0) is 19.1 Å². The molecule has 3 amide bonds. The molecule has 0 aliphatic heterocycles. The van der Waals surface area contributed by atoms with Crippen LogP contribution < -0.4 is 25.4 Å². The fraction of sp³-hybridized carbons (Fsp3) is 0.235. The Labute approximate surface area is 146 Å². The Morgan fingerprint density at radius 2 is 2.04 bits per heavy atom. The van der Waals surface area contributed by atoms with Gasteiger partial charge in [-0.2, -0.15) is 5.26 Å². The molecule has 1 aromatic carbocycles. The van der Waals surface area contributed by atoms with Crippen LogP contribution in [0.5, 0.6) is 11.5 Å². The second kappa shape index (κ2) is 9.62.